The van der Waals surface area contributed by atoms with Gasteiger partial charge in [-0.3, -0.25) is 29.1 Å². The molecule has 420 valence electrons. The number of carbonyl (C=O) groups excluding carboxylic acids is 6. The van der Waals surface area contributed by atoms with Gasteiger partial charge in [0.05, 0.1) is 0 Å². The molecule has 1 aromatic rings. The van der Waals surface area contributed by atoms with Gasteiger partial charge in [0.25, 0.3) is 0 Å². The minimum atomic E-state index is -0.716. The van der Waals surface area contributed by atoms with E-state index in [2.05, 4.69) is 57.5 Å². The molecule has 18 nitrogen and oxygen atoms in total. The van der Waals surface area contributed by atoms with Crippen LogP contribution in [0, 0.1) is 32.5 Å². The highest BCUT2D eigenvalue weighted by molar-refractivity contribution is 5.95. The average molecular weight is 1050 g/mol. The molecule has 6 unspecified atom stereocenters. The van der Waals surface area contributed by atoms with Crippen molar-refractivity contribution < 1.29 is 28.8 Å². The molecular weight excluding hydrogens is 955 g/mol. The van der Waals surface area contributed by atoms with Crippen LogP contribution in [0.1, 0.15) is 216 Å². The highest BCUT2D eigenvalue weighted by Gasteiger charge is 2.47. The quantitative estimate of drug-likeness (QED) is 0.216. The smallest absolute Gasteiger partial charge is 0.335 e. The Morgan fingerprint density at radius 3 is 0.867 bits per heavy atom. The third-order valence-corrected chi connectivity index (χ3v) is 17.5. The van der Waals surface area contributed by atoms with Gasteiger partial charge in [0.1, 0.15) is 0 Å². The summed E-state index contributed by atoms with van der Waals surface area (Å²) < 4.78 is 3.70. The minimum Gasteiger partial charge on any atom is -0.335 e. The summed E-state index contributed by atoms with van der Waals surface area (Å²) in [5, 5.41) is 9.57. The van der Waals surface area contributed by atoms with Gasteiger partial charge in [-0.25, -0.2) is 42.5 Å². The SMILES string of the molecule is CC1(C)CC(NC(=O)N2CCCCCCC2=O)CC(C)(Cn2c(=O)n(CC3(C)CC(NC(=O)N4CCCCCCC4=O)CC(C)(C)C3)c(=O)n(CC3(C)CC(NC(=O)N4CCCCCCC4=O)CC(C)(C)C3)c2=O)C1. The van der Waals surface area contributed by atoms with Crippen molar-refractivity contribution in [3.8, 4) is 0 Å². The van der Waals surface area contributed by atoms with Crippen LogP contribution >= 0.6 is 0 Å². The van der Waals surface area contributed by atoms with E-state index in [1.54, 1.807) is 0 Å². The summed E-state index contributed by atoms with van der Waals surface area (Å²) in [5.41, 5.74) is -5.30. The Labute approximate surface area is 445 Å². The summed E-state index contributed by atoms with van der Waals surface area (Å²) in [6.45, 7) is 19.8. The van der Waals surface area contributed by atoms with E-state index < -0.39 is 51.4 Å². The van der Waals surface area contributed by atoms with E-state index in [1.807, 2.05) is 20.8 Å². The van der Waals surface area contributed by atoms with Crippen molar-refractivity contribution >= 4 is 35.8 Å². The summed E-state index contributed by atoms with van der Waals surface area (Å²) in [5.74, 6) is -0.548. The van der Waals surface area contributed by atoms with Crippen LogP contribution in [0.4, 0.5) is 14.4 Å². The summed E-state index contributed by atoms with van der Waals surface area (Å²) in [7, 11) is 0. The molecule has 6 fully saturated rings. The van der Waals surface area contributed by atoms with Crippen LogP contribution in [0.5, 0.6) is 0 Å². The number of aromatic nitrogens is 3. The maximum atomic E-state index is 15.3. The van der Waals surface area contributed by atoms with Crippen LogP contribution in [0.2, 0.25) is 0 Å². The average Bonchev–Trinajstić information content (AvgIpc) is 3.24. The van der Waals surface area contributed by atoms with Gasteiger partial charge in [-0.1, -0.05) is 101 Å². The lowest BCUT2D eigenvalue weighted by atomic mass is 9.62. The summed E-state index contributed by atoms with van der Waals surface area (Å²) in [6.07, 6.45) is 16.2. The van der Waals surface area contributed by atoms with Gasteiger partial charge in [0.2, 0.25) is 17.7 Å². The molecule has 0 bridgehead atoms. The number of likely N-dealkylation sites (tertiary alicyclic amines) is 3. The molecule has 0 aromatic carbocycles. The van der Waals surface area contributed by atoms with E-state index in [4.69, 9.17) is 0 Å². The molecular formula is C57H93N9O9. The molecule has 0 spiro atoms. The van der Waals surface area contributed by atoms with Crippen molar-refractivity contribution in [3.63, 3.8) is 0 Å². The third-order valence-electron chi connectivity index (χ3n) is 17.5. The van der Waals surface area contributed by atoms with E-state index in [1.165, 1.54) is 28.4 Å². The Morgan fingerprint density at radius 1 is 0.373 bits per heavy atom. The van der Waals surface area contributed by atoms with Crippen LogP contribution < -0.4 is 33.0 Å². The van der Waals surface area contributed by atoms with E-state index in [0.717, 1.165) is 77.0 Å². The lowest BCUT2D eigenvalue weighted by molar-refractivity contribution is -0.129. The van der Waals surface area contributed by atoms with Crippen molar-refractivity contribution in [2.75, 3.05) is 19.6 Å². The Kier molecular flexibility index (Phi) is 17.8. The monoisotopic (exact) mass is 1050 g/mol. The lowest BCUT2D eigenvalue weighted by Gasteiger charge is -2.48. The molecule has 0 radical (unpaired) electrons. The summed E-state index contributed by atoms with van der Waals surface area (Å²) >= 11 is 0. The molecule has 7 rings (SSSR count). The Hall–Kier alpha value is -4.77. The predicted molar refractivity (Wildman–Crippen MR) is 288 cm³/mol. The number of imide groups is 3. The van der Waals surface area contributed by atoms with Crippen LogP contribution in [0.3, 0.4) is 0 Å². The molecule has 75 heavy (non-hydrogen) atoms. The molecule has 3 saturated heterocycles. The molecule has 6 aliphatic rings. The zero-order chi connectivity index (χ0) is 54.7. The fourth-order valence-electron chi connectivity index (χ4n) is 15.7. The number of rotatable bonds is 9. The van der Waals surface area contributed by atoms with Crippen molar-refractivity contribution in [2.24, 2.45) is 32.5 Å². The maximum absolute atomic E-state index is 15.3. The molecule has 3 saturated carbocycles. The minimum absolute atomic E-state index is 0.0289. The van der Waals surface area contributed by atoms with E-state index in [-0.39, 0.29) is 71.7 Å². The summed E-state index contributed by atoms with van der Waals surface area (Å²) in [6, 6.07) is -2.33. The molecule has 3 aliphatic carbocycles. The first-order chi connectivity index (χ1) is 35.1. The van der Waals surface area contributed by atoms with Gasteiger partial charge >= 0.3 is 35.2 Å². The topological polar surface area (TPSA) is 214 Å². The Bertz CT molecular complexity index is 2200. The van der Waals surface area contributed by atoms with E-state index >= 15 is 14.4 Å². The van der Waals surface area contributed by atoms with Gasteiger partial charge in [-0.2, -0.15) is 0 Å². The van der Waals surface area contributed by atoms with Gasteiger partial charge in [0, 0.05) is 76.7 Å². The Morgan fingerprint density at radius 2 is 0.613 bits per heavy atom. The molecule has 3 aliphatic heterocycles. The second kappa shape index (κ2) is 23.1. The molecule has 9 amide bonds. The molecule has 4 heterocycles. The van der Waals surface area contributed by atoms with Gasteiger partial charge in [-0.15, -0.1) is 0 Å². The van der Waals surface area contributed by atoms with E-state index in [0.29, 0.717) is 96.7 Å². The van der Waals surface area contributed by atoms with Crippen molar-refractivity contribution in [1.82, 2.24) is 44.4 Å². The number of nitrogens with one attached hydrogen (secondary N) is 3. The van der Waals surface area contributed by atoms with Crippen LogP contribution in [0.25, 0.3) is 0 Å². The highest BCUT2D eigenvalue weighted by atomic mass is 16.2. The first-order valence-corrected chi connectivity index (χ1v) is 28.8. The molecule has 6 atom stereocenters. The van der Waals surface area contributed by atoms with Crippen molar-refractivity contribution in [1.29, 1.82) is 0 Å². The molecule has 3 N–H and O–H groups in total. The van der Waals surface area contributed by atoms with Crippen molar-refractivity contribution in [3.05, 3.63) is 31.5 Å². The summed E-state index contributed by atoms with van der Waals surface area (Å²) in [4.78, 5) is 131. The number of carbonyl (C=O) groups is 6. The maximum Gasteiger partial charge on any atom is 0.336 e. The fraction of sp³-hybridized carbons (Fsp3) is 0.842. The number of hydrogen-bond donors (Lipinski definition) is 3. The third kappa shape index (κ3) is 14.8. The number of nitrogens with zero attached hydrogens (tertiary/aromatic N) is 6. The van der Waals surface area contributed by atoms with Gasteiger partial charge < -0.3 is 16.0 Å². The van der Waals surface area contributed by atoms with Crippen molar-refractivity contribution in [2.45, 2.75) is 254 Å². The zero-order valence-corrected chi connectivity index (χ0v) is 47.3. The van der Waals surface area contributed by atoms with Crippen LogP contribution in [-0.2, 0) is 34.0 Å². The fourth-order valence-corrected chi connectivity index (χ4v) is 15.7. The number of hydrogen-bond acceptors (Lipinski definition) is 9. The second-order valence-corrected chi connectivity index (χ2v) is 27.9. The number of urea groups is 3. The second-order valence-electron chi connectivity index (χ2n) is 27.9. The molecule has 18 heteroatoms. The first-order valence-electron chi connectivity index (χ1n) is 28.8. The zero-order valence-electron chi connectivity index (χ0n) is 47.3. The predicted octanol–water partition coefficient (Wildman–Crippen LogP) is 8.43. The normalized spacial score (nSPS) is 30.9. The largest absolute Gasteiger partial charge is 0.336 e. The highest BCUT2D eigenvalue weighted by Crippen LogP contribution is 2.49. The lowest BCUT2D eigenvalue weighted by Crippen LogP contribution is -2.60. The standard InChI is InChI=1S/C57H93N9O9/c1-52(2)28-40(58-46(70)61-25-19-13-10-16-22-43(61)67)31-55(7,34-52)37-64-49(73)65(38-56(8)32-41(29-53(3,4)35-56)59-47(71)62-26-20-14-11-17-23-44(62)68)51(75)66(50(64)74)39-57(9)33-42(30-54(5,6)36-57)60-48(72)63-27-21-15-12-18-24-45(63)69/h40-42H,10-39H2,1-9H3,(H,58,70)(H,59,71)(H,60,72). The Balaban J connectivity index is 1.23. The van der Waals surface area contributed by atoms with Crippen LogP contribution in [-0.4, -0.2) is 102 Å². The first kappa shape index (κ1) is 57.9. The van der Waals surface area contributed by atoms with Crippen LogP contribution in [0.15, 0.2) is 14.4 Å². The van der Waals surface area contributed by atoms with E-state index in [9.17, 15) is 28.8 Å². The molecule has 1 aromatic heterocycles. The van der Waals surface area contributed by atoms with Gasteiger partial charge in [-0.05, 0) is 129 Å². The number of amides is 9. The van der Waals surface area contributed by atoms with Gasteiger partial charge in [0.15, 0.2) is 0 Å².